The lowest BCUT2D eigenvalue weighted by Crippen LogP contribution is -2.70. The fourth-order valence-corrected chi connectivity index (χ4v) is 4.65. The monoisotopic (exact) mass is 251 g/mol. The van der Waals surface area contributed by atoms with Crippen LogP contribution in [0.5, 0.6) is 0 Å². The molecule has 4 fully saturated rings. The topological polar surface area (TPSA) is 32.5 Å². The predicted octanol–water partition coefficient (Wildman–Crippen LogP) is 1.53. The van der Waals surface area contributed by atoms with E-state index in [1.807, 2.05) is 0 Å². The molecule has 0 spiro atoms. The minimum Gasteiger partial charge on any atom is -0.329 e. The van der Waals surface area contributed by atoms with E-state index in [1.165, 1.54) is 64.8 Å². The first kappa shape index (κ1) is 12.9. The lowest BCUT2D eigenvalue weighted by molar-refractivity contribution is -0.0786. The first-order valence-corrected chi connectivity index (χ1v) is 7.96. The summed E-state index contributed by atoms with van der Waals surface area (Å²) in [4.78, 5) is 5.42. The van der Waals surface area contributed by atoms with Crippen molar-refractivity contribution in [2.75, 3.05) is 39.3 Å². The van der Waals surface area contributed by atoms with Crippen LogP contribution in [-0.2, 0) is 0 Å². The Balaban J connectivity index is 1.72. The number of likely N-dealkylation sites (tertiary alicyclic amines) is 1. The molecule has 0 aromatic carbocycles. The molecule has 0 saturated carbocycles. The normalized spacial score (nSPS) is 42.3. The largest absolute Gasteiger partial charge is 0.329 e. The Labute approximate surface area is 112 Å². The summed E-state index contributed by atoms with van der Waals surface area (Å²) in [5.41, 5.74) is 6.58. The van der Waals surface area contributed by atoms with Crippen molar-refractivity contribution in [2.45, 2.75) is 44.6 Å². The van der Waals surface area contributed by atoms with Gasteiger partial charge in [0.25, 0.3) is 0 Å². The maximum Gasteiger partial charge on any atom is 0.0487 e. The van der Waals surface area contributed by atoms with Gasteiger partial charge in [-0.05, 0) is 63.7 Å². The molecule has 0 aromatic rings. The van der Waals surface area contributed by atoms with Crippen LogP contribution in [0.4, 0.5) is 0 Å². The third-order valence-electron chi connectivity index (χ3n) is 6.02. The summed E-state index contributed by atoms with van der Waals surface area (Å²) in [6.07, 6.45) is 6.91. The Morgan fingerprint density at radius 2 is 1.72 bits per heavy atom. The van der Waals surface area contributed by atoms with Gasteiger partial charge >= 0.3 is 0 Å². The molecule has 3 nitrogen and oxygen atoms in total. The Bertz CT molecular complexity index is 277. The van der Waals surface area contributed by atoms with E-state index < -0.39 is 0 Å². The van der Waals surface area contributed by atoms with Crippen molar-refractivity contribution in [1.82, 2.24) is 9.80 Å². The van der Waals surface area contributed by atoms with Gasteiger partial charge in [-0.3, -0.25) is 4.90 Å². The highest BCUT2D eigenvalue weighted by Crippen LogP contribution is 2.40. The number of fused-ring (bicyclic) bond motifs is 3. The summed E-state index contributed by atoms with van der Waals surface area (Å²) < 4.78 is 0. The highest BCUT2D eigenvalue weighted by Gasteiger charge is 2.49. The number of nitrogens with two attached hydrogens (primary N) is 1. The van der Waals surface area contributed by atoms with Crippen molar-refractivity contribution >= 4 is 0 Å². The van der Waals surface area contributed by atoms with Crippen molar-refractivity contribution in [3.05, 3.63) is 0 Å². The quantitative estimate of drug-likeness (QED) is 0.826. The molecule has 1 atom stereocenters. The molecule has 1 unspecified atom stereocenters. The summed E-state index contributed by atoms with van der Waals surface area (Å²) in [5, 5.41) is 0. The molecule has 4 rings (SSSR count). The number of piperidine rings is 4. The SMILES string of the molecule is CCC1CCN(C2(CN)CN3CCC2CC3)CC1. The fourth-order valence-electron chi connectivity index (χ4n) is 4.65. The van der Waals surface area contributed by atoms with Crippen LogP contribution in [-0.4, -0.2) is 54.6 Å². The second-order valence-electron chi connectivity index (χ2n) is 6.70. The van der Waals surface area contributed by atoms with Crippen molar-refractivity contribution in [3.8, 4) is 0 Å². The molecule has 2 N–H and O–H groups in total. The summed E-state index contributed by atoms with van der Waals surface area (Å²) in [6, 6.07) is 0. The standard InChI is InChI=1S/C15H29N3/c1-2-13-3-9-18(10-4-13)15(11-16)12-17-7-5-14(15)6-8-17/h13-14H,2-12,16H2,1H3. The van der Waals surface area contributed by atoms with E-state index in [0.29, 0.717) is 5.54 Å². The van der Waals surface area contributed by atoms with Gasteiger partial charge in [0.15, 0.2) is 0 Å². The highest BCUT2D eigenvalue weighted by molar-refractivity contribution is 5.06. The van der Waals surface area contributed by atoms with Gasteiger partial charge in [-0.1, -0.05) is 13.3 Å². The maximum absolute atomic E-state index is 6.25. The molecule has 0 radical (unpaired) electrons. The first-order chi connectivity index (χ1) is 8.78. The lowest BCUT2D eigenvalue weighted by Gasteiger charge is -2.59. The fraction of sp³-hybridized carbons (Fsp3) is 1.00. The van der Waals surface area contributed by atoms with Gasteiger partial charge in [0.1, 0.15) is 0 Å². The van der Waals surface area contributed by atoms with Gasteiger partial charge in [-0.15, -0.1) is 0 Å². The molecule has 4 aliphatic rings. The minimum absolute atomic E-state index is 0.329. The van der Waals surface area contributed by atoms with Crippen molar-refractivity contribution in [3.63, 3.8) is 0 Å². The van der Waals surface area contributed by atoms with E-state index in [0.717, 1.165) is 18.4 Å². The third-order valence-corrected chi connectivity index (χ3v) is 6.02. The molecule has 18 heavy (non-hydrogen) atoms. The molecule has 0 amide bonds. The molecular formula is C15H29N3. The second-order valence-corrected chi connectivity index (χ2v) is 6.70. The Kier molecular flexibility index (Phi) is 3.65. The second kappa shape index (κ2) is 5.10. The molecular weight excluding hydrogens is 222 g/mol. The summed E-state index contributed by atoms with van der Waals surface area (Å²) >= 11 is 0. The van der Waals surface area contributed by atoms with Crippen LogP contribution < -0.4 is 5.73 Å². The van der Waals surface area contributed by atoms with E-state index >= 15 is 0 Å². The Hall–Kier alpha value is -0.120. The van der Waals surface area contributed by atoms with Gasteiger partial charge in [-0.2, -0.15) is 0 Å². The minimum atomic E-state index is 0.329. The maximum atomic E-state index is 6.25. The molecule has 104 valence electrons. The molecule has 4 heterocycles. The summed E-state index contributed by atoms with van der Waals surface area (Å²) in [6.45, 7) is 9.67. The first-order valence-electron chi connectivity index (χ1n) is 7.96. The molecule has 0 aliphatic carbocycles. The van der Waals surface area contributed by atoms with Gasteiger partial charge in [-0.25, -0.2) is 0 Å². The number of hydrogen-bond acceptors (Lipinski definition) is 3. The Morgan fingerprint density at radius 3 is 2.17 bits per heavy atom. The van der Waals surface area contributed by atoms with Crippen molar-refractivity contribution in [1.29, 1.82) is 0 Å². The van der Waals surface area contributed by atoms with Crippen LogP contribution in [0.1, 0.15) is 39.0 Å². The molecule has 2 bridgehead atoms. The lowest BCUT2D eigenvalue weighted by atomic mass is 9.70. The van der Waals surface area contributed by atoms with Crippen LogP contribution in [0.2, 0.25) is 0 Å². The predicted molar refractivity (Wildman–Crippen MR) is 75.5 cm³/mol. The van der Waals surface area contributed by atoms with Gasteiger partial charge in [0.2, 0.25) is 0 Å². The van der Waals surface area contributed by atoms with Crippen molar-refractivity contribution in [2.24, 2.45) is 17.6 Å². The van der Waals surface area contributed by atoms with Gasteiger partial charge in [0, 0.05) is 18.6 Å². The number of hydrogen-bond donors (Lipinski definition) is 1. The summed E-state index contributed by atoms with van der Waals surface area (Å²) in [5.74, 6) is 1.84. The number of nitrogens with zero attached hydrogens (tertiary/aromatic N) is 2. The third kappa shape index (κ3) is 2.00. The van der Waals surface area contributed by atoms with Crippen LogP contribution in [0.3, 0.4) is 0 Å². The van der Waals surface area contributed by atoms with Gasteiger partial charge < -0.3 is 10.6 Å². The van der Waals surface area contributed by atoms with E-state index in [-0.39, 0.29) is 0 Å². The van der Waals surface area contributed by atoms with Gasteiger partial charge in [0.05, 0.1) is 0 Å². The van der Waals surface area contributed by atoms with Crippen LogP contribution in [0, 0.1) is 11.8 Å². The Morgan fingerprint density at radius 1 is 1.06 bits per heavy atom. The van der Waals surface area contributed by atoms with E-state index in [4.69, 9.17) is 5.73 Å². The van der Waals surface area contributed by atoms with Crippen LogP contribution >= 0.6 is 0 Å². The van der Waals surface area contributed by atoms with E-state index in [2.05, 4.69) is 16.7 Å². The number of rotatable bonds is 3. The summed E-state index contributed by atoms with van der Waals surface area (Å²) in [7, 11) is 0. The molecule has 4 saturated heterocycles. The van der Waals surface area contributed by atoms with Crippen LogP contribution in [0.15, 0.2) is 0 Å². The molecule has 0 aromatic heterocycles. The van der Waals surface area contributed by atoms with E-state index in [1.54, 1.807) is 0 Å². The smallest absolute Gasteiger partial charge is 0.0487 e. The molecule has 4 aliphatic heterocycles. The highest BCUT2D eigenvalue weighted by atomic mass is 15.3. The zero-order chi connectivity index (χ0) is 12.6. The average molecular weight is 251 g/mol. The van der Waals surface area contributed by atoms with Crippen LogP contribution in [0.25, 0.3) is 0 Å². The zero-order valence-electron chi connectivity index (χ0n) is 11.9. The van der Waals surface area contributed by atoms with Crippen molar-refractivity contribution < 1.29 is 0 Å². The molecule has 3 heteroatoms. The average Bonchev–Trinajstić information content (AvgIpc) is 2.48. The van der Waals surface area contributed by atoms with E-state index in [9.17, 15) is 0 Å². The zero-order valence-corrected chi connectivity index (χ0v) is 11.9.